The van der Waals surface area contributed by atoms with E-state index in [9.17, 15) is 4.79 Å². The van der Waals surface area contributed by atoms with Gasteiger partial charge in [0.05, 0.1) is 5.56 Å². The number of hydrogen-bond donors (Lipinski definition) is 1. The fourth-order valence-corrected chi connectivity index (χ4v) is 3.71. The molecule has 0 saturated carbocycles. The van der Waals surface area contributed by atoms with E-state index in [2.05, 4.69) is 21.2 Å². The quantitative estimate of drug-likeness (QED) is 0.829. The van der Waals surface area contributed by atoms with E-state index in [1.54, 1.807) is 18.2 Å². The molecule has 19 heavy (non-hydrogen) atoms. The zero-order chi connectivity index (χ0) is 12.7. The first kappa shape index (κ1) is 15.1. The Hall–Kier alpha value is -0.290. The molecule has 0 aromatic heterocycles. The molecule has 2 fully saturated rings. The van der Waals surface area contributed by atoms with Gasteiger partial charge < -0.3 is 10.2 Å². The number of halogens is 3. The first-order valence-corrected chi connectivity index (χ1v) is 7.27. The van der Waals surface area contributed by atoms with Crippen molar-refractivity contribution in [2.75, 3.05) is 26.2 Å². The van der Waals surface area contributed by atoms with Gasteiger partial charge in [-0.3, -0.25) is 4.79 Å². The molecule has 2 atom stereocenters. The molecule has 0 radical (unpaired) electrons. The lowest BCUT2D eigenvalue weighted by Gasteiger charge is -2.18. The van der Waals surface area contributed by atoms with Gasteiger partial charge in [-0.15, -0.1) is 12.4 Å². The molecule has 2 heterocycles. The average Bonchev–Trinajstić information content (AvgIpc) is 2.87. The van der Waals surface area contributed by atoms with E-state index in [0.717, 1.165) is 30.7 Å². The maximum atomic E-state index is 12.4. The molecule has 3 rings (SSSR count). The van der Waals surface area contributed by atoms with Gasteiger partial charge in [-0.1, -0.05) is 11.6 Å². The lowest BCUT2D eigenvalue weighted by atomic mass is 10.0. The Morgan fingerprint density at radius 3 is 2.53 bits per heavy atom. The SMILES string of the molecule is Cl.O=C(c1ccc(Cl)cc1Br)N1C[C@H]2CNC[C@H]2C1. The summed E-state index contributed by atoms with van der Waals surface area (Å²) >= 11 is 9.31. The van der Waals surface area contributed by atoms with Gasteiger partial charge in [-0.25, -0.2) is 0 Å². The molecule has 2 aliphatic heterocycles. The molecule has 3 nitrogen and oxygen atoms in total. The van der Waals surface area contributed by atoms with Crippen molar-refractivity contribution in [2.45, 2.75) is 0 Å². The molecule has 1 N–H and O–H groups in total. The van der Waals surface area contributed by atoms with Crippen LogP contribution in [0.15, 0.2) is 22.7 Å². The Labute approximate surface area is 132 Å². The molecular weight excluding hydrogens is 351 g/mol. The summed E-state index contributed by atoms with van der Waals surface area (Å²) in [6, 6.07) is 5.33. The molecule has 1 aromatic carbocycles. The molecule has 6 heteroatoms. The van der Waals surface area contributed by atoms with Crippen molar-refractivity contribution in [3.05, 3.63) is 33.3 Å². The number of fused-ring (bicyclic) bond motifs is 1. The van der Waals surface area contributed by atoms with Crippen LogP contribution in [0.4, 0.5) is 0 Å². The summed E-state index contributed by atoms with van der Waals surface area (Å²) in [5.41, 5.74) is 0.701. The van der Waals surface area contributed by atoms with E-state index >= 15 is 0 Å². The largest absolute Gasteiger partial charge is 0.338 e. The Morgan fingerprint density at radius 1 is 1.32 bits per heavy atom. The normalized spacial score (nSPS) is 25.1. The van der Waals surface area contributed by atoms with E-state index in [-0.39, 0.29) is 18.3 Å². The minimum absolute atomic E-state index is 0. The molecule has 1 aromatic rings. The van der Waals surface area contributed by atoms with Crippen molar-refractivity contribution in [1.82, 2.24) is 10.2 Å². The summed E-state index contributed by atoms with van der Waals surface area (Å²) in [6.45, 7) is 3.81. The van der Waals surface area contributed by atoms with Crippen LogP contribution in [0, 0.1) is 11.8 Å². The highest BCUT2D eigenvalue weighted by atomic mass is 79.9. The van der Waals surface area contributed by atoms with E-state index in [4.69, 9.17) is 11.6 Å². The smallest absolute Gasteiger partial charge is 0.255 e. The van der Waals surface area contributed by atoms with Crippen molar-refractivity contribution in [1.29, 1.82) is 0 Å². The third kappa shape index (κ3) is 2.92. The number of carbonyl (C=O) groups excluding carboxylic acids is 1. The van der Waals surface area contributed by atoms with Crippen LogP contribution in [0.3, 0.4) is 0 Å². The van der Waals surface area contributed by atoms with Crippen molar-refractivity contribution in [2.24, 2.45) is 11.8 Å². The predicted molar refractivity (Wildman–Crippen MR) is 82.2 cm³/mol. The minimum Gasteiger partial charge on any atom is -0.338 e. The van der Waals surface area contributed by atoms with Gasteiger partial charge >= 0.3 is 0 Å². The summed E-state index contributed by atoms with van der Waals surface area (Å²) in [7, 11) is 0. The molecule has 2 aliphatic rings. The summed E-state index contributed by atoms with van der Waals surface area (Å²) in [5.74, 6) is 1.35. The van der Waals surface area contributed by atoms with Gasteiger partial charge in [0.1, 0.15) is 0 Å². The second-order valence-corrected chi connectivity index (χ2v) is 6.30. The number of carbonyl (C=O) groups is 1. The number of amides is 1. The summed E-state index contributed by atoms with van der Waals surface area (Å²) in [5, 5.41) is 4.02. The van der Waals surface area contributed by atoms with Crippen molar-refractivity contribution >= 4 is 45.8 Å². The third-order valence-corrected chi connectivity index (χ3v) is 4.73. The van der Waals surface area contributed by atoms with Gasteiger partial charge in [0.2, 0.25) is 0 Å². The highest BCUT2D eigenvalue weighted by Gasteiger charge is 2.38. The maximum Gasteiger partial charge on any atom is 0.255 e. The lowest BCUT2D eigenvalue weighted by Crippen LogP contribution is -2.32. The van der Waals surface area contributed by atoms with E-state index in [1.807, 2.05) is 4.90 Å². The van der Waals surface area contributed by atoms with Crippen molar-refractivity contribution in [3.63, 3.8) is 0 Å². The Balaban J connectivity index is 0.00000133. The van der Waals surface area contributed by atoms with Gasteiger partial charge in [0.25, 0.3) is 5.91 Å². The second kappa shape index (κ2) is 6.00. The highest BCUT2D eigenvalue weighted by molar-refractivity contribution is 9.10. The number of rotatable bonds is 1. The van der Waals surface area contributed by atoms with Gasteiger partial charge in [-0.05, 0) is 46.0 Å². The molecule has 0 bridgehead atoms. The second-order valence-electron chi connectivity index (χ2n) is 5.01. The van der Waals surface area contributed by atoms with Crippen LogP contribution < -0.4 is 5.32 Å². The molecule has 2 saturated heterocycles. The van der Waals surface area contributed by atoms with Gasteiger partial charge in [0.15, 0.2) is 0 Å². The standard InChI is InChI=1S/C13H14BrClN2O.ClH/c14-12-3-10(15)1-2-11(12)13(18)17-6-8-4-16-5-9(8)7-17;/h1-3,8-9,16H,4-7H2;1H/t8-,9+;. The Morgan fingerprint density at radius 2 is 1.95 bits per heavy atom. The van der Waals surface area contributed by atoms with Crippen molar-refractivity contribution < 1.29 is 4.79 Å². The summed E-state index contributed by atoms with van der Waals surface area (Å²) in [4.78, 5) is 14.4. The van der Waals surface area contributed by atoms with Crippen LogP contribution in [0.5, 0.6) is 0 Å². The topological polar surface area (TPSA) is 32.3 Å². The fourth-order valence-electron chi connectivity index (χ4n) is 2.85. The average molecular weight is 366 g/mol. The number of hydrogen-bond acceptors (Lipinski definition) is 2. The van der Waals surface area contributed by atoms with Gasteiger partial charge in [0, 0.05) is 35.7 Å². The van der Waals surface area contributed by atoms with Gasteiger partial charge in [-0.2, -0.15) is 0 Å². The monoisotopic (exact) mass is 364 g/mol. The highest BCUT2D eigenvalue weighted by Crippen LogP contribution is 2.29. The molecule has 0 unspecified atom stereocenters. The van der Waals surface area contributed by atoms with Crippen LogP contribution >= 0.6 is 39.9 Å². The maximum absolute atomic E-state index is 12.4. The zero-order valence-electron chi connectivity index (χ0n) is 10.2. The third-order valence-electron chi connectivity index (χ3n) is 3.84. The van der Waals surface area contributed by atoms with E-state index in [0.29, 0.717) is 22.4 Å². The number of nitrogens with one attached hydrogen (secondary N) is 1. The lowest BCUT2D eigenvalue weighted by molar-refractivity contribution is 0.0781. The summed E-state index contributed by atoms with van der Waals surface area (Å²) < 4.78 is 0.773. The first-order valence-electron chi connectivity index (χ1n) is 6.10. The molecular formula is C13H15BrCl2N2O. The first-order chi connectivity index (χ1) is 8.65. The number of nitrogens with zero attached hydrogens (tertiary/aromatic N) is 1. The van der Waals surface area contributed by atoms with Crippen LogP contribution in [0.25, 0.3) is 0 Å². The van der Waals surface area contributed by atoms with E-state index < -0.39 is 0 Å². The zero-order valence-corrected chi connectivity index (χ0v) is 13.4. The Bertz CT molecular complexity index is 486. The van der Waals surface area contributed by atoms with Crippen LogP contribution in [-0.4, -0.2) is 37.0 Å². The molecule has 0 aliphatic carbocycles. The number of likely N-dealkylation sites (tertiary alicyclic amines) is 1. The molecule has 1 amide bonds. The minimum atomic E-state index is 0. The van der Waals surface area contributed by atoms with Crippen LogP contribution in [0.2, 0.25) is 5.02 Å². The predicted octanol–water partition coefficient (Wildman–Crippen LogP) is 2.82. The van der Waals surface area contributed by atoms with Crippen LogP contribution in [-0.2, 0) is 0 Å². The fraction of sp³-hybridized carbons (Fsp3) is 0.462. The molecule has 104 valence electrons. The van der Waals surface area contributed by atoms with Crippen molar-refractivity contribution in [3.8, 4) is 0 Å². The van der Waals surface area contributed by atoms with E-state index in [1.165, 1.54) is 0 Å². The number of benzene rings is 1. The molecule has 0 spiro atoms. The van der Waals surface area contributed by atoms with Crippen LogP contribution in [0.1, 0.15) is 10.4 Å². The summed E-state index contributed by atoms with van der Waals surface area (Å²) in [6.07, 6.45) is 0. The Kier molecular flexibility index (Phi) is 4.77.